The predicted molar refractivity (Wildman–Crippen MR) is 104 cm³/mol. The Morgan fingerprint density at radius 1 is 1.15 bits per heavy atom. The van der Waals surface area contributed by atoms with Crippen molar-refractivity contribution in [3.63, 3.8) is 0 Å². The molecule has 2 aromatic rings. The van der Waals surface area contributed by atoms with Crippen LogP contribution in [-0.2, 0) is 14.8 Å². The van der Waals surface area contributed by atoms with Gasteiger partial charge in [-0.2, -0.15) is 0 Å². The van der Waals surface area contributed by atoms with Crippen LogP contribution in [0.25, 0.3) is 0 Å². The van der Waals surface area contributed by atoms with E-state index in [1.807, 2.05) is 0 Å². The Kier molecular flexibility index (Phi) is 5.48. The fourth-order valence-electron chi connectivity index (χ4n) is 2.79. The molecule has 0 radical (unpaired) electrons. The number of amides is 1. The second-order valence-electron chi connectivity index (χ2n) is 6.06. The summed E-state index contributed by atoms with van der Waals surface area (Å²) in [5, 5.41) is 3.15. The van der Waals surface area contributed by atoms with Crippen LogP contribution in [0.3, 0.4) is 0 Å². The molecule has 0 bridgehead atoms. The van der Waals surface area contributed by atoms with Crippen molar-refractivity contribution in [3.8, 4) is 11.5 Å². The Bertz CT molecular complexity index is 964. The molecule has 1 amide bonds. The molecule has 1 aliphatic heterocycles. The number of benzene rings is 2. The number of nitrogens with one attached hydrogen (secondary N) is 1. The molecular weight excluding hydrogens is 392 g/mol. The summed E-state index contributed by atoms with van der Waals surface area (Å²) in [4.78, 5) is 12.7. The smallest absolute Gasteiger partial charge is 0.247 e. The highest BCUT2D eigenvalue weighted by Crippen LogP contribution is 2.35. The van der Waals surface area contributed by atoms with Crippen LogP contribution in [0, 0.1) is 0 Å². The van der Waals surface area contributed by atoms with E-state index >= 15 is 0 Å². The number of carbonyl (C=O) groups excluding carboxylic acids is 1. The first-order valence-electron chi connectivity index (χ1n) is 8.21. The van der Waals surface area contributed by atoms with Crippen LogP contribution >= 0.6 is 11.6 Å². The van der Waals surface area contributed by atoms with Crippen LogP contribution in [0.1, 0.15) is 6.92 Å². The van der Waals surface area contributed by atoms with Gasteiger partial charge in [-0.3, -0.25) is 9.10 Å². The third-order valence-electron chi connectivity index (χ3n) is 3.96. The van der Waals surface area contributed by atoms with Gasteiger partial charge in [-0.1, -0.05) is 17.7 Å². The number of hydrogen-bond acceptors (Lipinski definition) is 5. The van der Waals surface area contributed by atoms with Gasteiger partial charge in [0.25, 0.3) is 0 Å². The predicted octanol–water partition coefficient (Wildman–Crippen LogP) is 2.90. The van der Waals surface area contributed by atoms with E-state index in [0.717, 1.165) is 10.6 Å². The number of anilines is 2. The summed E-state index contributed by atoms with van der Waals surface area (Å²) in [5.41, 5.74) is 0.797. The van der Waals surface area contributed by atoms with Gasteiger partial charge in [0.2, 0.25) is 15.9 Å². The maximum atomic E-state index is 12.7. The number of hydrogen-bond donors (Lipinski definition) is 1. The highest BCUT2D eigenvalue weighted by molar-refractivity contribution is 7.92. The molecule has 144 valence electrons. The van der Waals surface area contributed by atoms with Gasteiger partial charge in [0, 0.05) is 16.8 Å². The molecule has 1 atom stereocenters. The molecule has 3 rings (SSSR count). The summed E-state index contributed by atoms with van der Waals surface area (Å²) in [6.07, 6.45) is 1.05. The Hall–Kier alpha value is -2.45. The average Bonchev–Trinajstić information content (AvgIpc) is 2.60. The number of fused-ring (bicyclic) bond motifs is 1. The van der Waals surface area contributed by atoms with Crippen LogP contribution in [0.5, 0.6) is 11.5 Å². The zero-order valence-corrected chi connectivity index (χ0v) is 16.4. The van der Waals surface area contributed by atoms with Crippen LogP contribution in [-0.4, -0.2) is 39.8 Å². The van der Waals surface area contributed by atoms with E-state index < -0.39 is 22.0 Å². The van der Waals surface area contributed by atoms with Crippen LogP contribution in [0.15, 0.2) is 42.5 Å². The first kappa shape index (κ1) is 19.3. The van der Waals surface area contributed by atoms with Crippen LogP contribution in [0.4, 0.5) is 11.4 Å². The molecule has 0 spiro atoms. The monoisotopic (exact) mass is 410 g/mol. The number of ether oxygens (including phenoxy) is 2. The minimum absolute atomic E-state index is 0.315. The lowest BCUT2D eigenvalue weighted by Gasteiger charge is -2.29. The van der Waals surface area contributed by atoms with Crippen molar-refractivity contribution in [1.29, 1.82) is 0 Å². The Labute approximate surface area is 162 Å². The third kappa shape index (κ3) is 4.45. The summed E-state index contributed by atoms with van der Waals surface area (Å²) < 4.78 is 36.8. The van der Waals surface area contributed by atoms with E-state index in [9.17, 15) is 13.2 Å². The maximum absolute atomic E-state index is 12.7. The third-order valence-corrected chi connectivity index (χ3v) is 5.44. The standard InChI is InChI=1S/C18H19ClN2O5S/c1-12(18(22)20-14-5-3-4-13(19)10-14)21(27(2,23)24)15-6-7-16-17(11-15)26-9-8-25-16/h3-7,10-12H,8-9H2,1-2H3,(H,20,22)/t12-/m0/s1. The second-order valence-corrected chi connectivity index (χ2v) is 8.36. The Balaban J connectivity index is 1.89. The minimum atomic E-state index is -3.74. The summed E-state index contributed by atoms with van der Waals surface area (Å²) in [6.45, 7) is 2.32. The molecule has 0 aliphatic carbocycles. The minimum Gasteiger partial charge on any atom is -0.486 e. The molecule has 27 heavy (non-hydrogen) atoms. The first-order valence-corrected chi connectivity index (χ1v) is 10.4. The SMILES string of the molecule is C[C@@H](C(=O)Nc1cccc(Cl)c1)N(c1ccc2c(c1)OCCO2)S(C)(=O)=O. The van der Waals surface area contributed by atoms with E-state index in [4.69, 9.17) is 21.1 Å². The zero-order chi connectivity index (χ0) is 19.6. The van der Waals surface area contributed by atoms with Crippen molar-refractivity contribution >= 4 is 38.9 Å². The molecule has 1 heterocycles. The molecule has 0 fully saturated rings. The van der Waals surface area contributed by atoms with Gasteiger partial charge in [0.15, 0.2) is 11.5 Å². The molecule has 1 aliphatic rings. The Morgan fingerprint density at radius 3 is 2.52 bits per heavy atom. The van der Waals surface area contributed by atoms with E-state index in [-0.39, 0.29) is 0 Å². The molecular formula is C18H19ClN2O5S. The lowest BCUT2D eigenvalue weighted by atomic mass is 10.2. The highest BCUT2D eigenvalue weighted by Gasteiger charge is 2.30. The van der Waals surface area contributed by atoms with Gasteiger partial charge in [-0.15, -0.1) is 0 Å². The number of nitrogens with zero attached hydrogens (tertiary/aromatic N) is 1. The number of halogens is 1. The fourth-order valence-corrected chi connectivity index (χ4v) is 4.15. The molecule has 1 N–H and O–H groups in total. The average molecular weight is 411 g/mol. The Morgan fingerprint density at radius 2 is 1.85 bits per heavy atom. The molecule has 9 heteroatoms. The van der Waals surface area contributed by atoms with E-state index in [0.29, 0.717) is 41.1 Å². The molecule has 7 nitrogen and oxygen atoms in total. The molecule has 0 saturated heterocycles. The molecule has 0 unspecified atom stereocenters. The number of sulfonamides is 1. The van der Waals surface area contributed by atoms with E-state index in [2.05, 4.69) is 5.32 Å². The van der Waals surface area contributed by atoms with Gasteiger partial charge in [0.05, 0.1) is 11.9 Å². The lowest BCUT2D eigenvalue weighted by Crippen LogP contribution is -2.45. The largest absolute Gasteiger partial charge is 0.486 e. The number of carbonyl (C=O) groups is 1. The topological polar surface area (TPSA) is 84.9 Å². The highest BCUT2D eigenvalue weighted by atomic mass is 35.5. The summed E-state index contributed by atoms with van der Waals surface area (Å²) in [7, 11) is -3.74. The van der Waals surface area contributed by atoms with Crippen molar-refractivity contribution in [2.75, 3.05) is 29.1 Å². The van der Waals surface area contributed by atoms with Crippen molar-refractivity contribution in [2.24, 2.45) is 0 Å². The fraction of sp³-hybridized carbons (Fsp3) is 0.278. The van der Waals surface area contributed by atoms with Crippen molar-refractivity contribution < 1.29 is 22.7 Å². The van der Waals surface area contributed by atoms with Gasteiger partial charge in [-0.25, -0.2) is 8.42 Å². The van der Waals surface area contributed by atoms with Crippen molar-refractivity contribution in [2.45, 2.75) is 13.0 Å². The quantitative estimate of drug-likeness (QED) is 0.819. The second kappa shape index (κ2) is 7.66. The van der Waals surface area contributed by atoms with Gasteiger partial charge < -0.3 is 14.8 Å². The van der Waals surface area contributed by atoms with Gasteiger partial charge >= 0.3 is 0 Å². The van der Waals surface area contributed by atoms with Gasteiger partial charge in [0.1, 0.15) is 19.3 Å². The maximum Gasteiger partial charge on any atom is 0.247 e. The van der Waals surface area contributed by atoms with Crippen molar-refractivity contribution in [3.05, 3.63) is 47.5 Å². The lowest BCUT2D eigenvalue weighted by molar-refractivity contribution is -0.116. The van der Waals surface area contributed by atoms with Crippen LogP contribution < -0.4 is 19.1 Å². The first-order chi connectivity index (χ1) is 12.8. The van der Waals surface area contributed by atoms with E-state index in [1.54, 1.807) is 42.5 Å². The van der Waals surface area contributed by atoms with Gasteiger partial charge in [-0.05, 0) is 37.3 Å². The molecule has 2 aromatic carbocycles. The molecule has 0 saturated carbocycles. The normalized spacial score (nSPS) is 14.3. The van der Waals surface area contributed by atoms with Crippen molar-refractivity contribution in [1.82, 2.24) is 0 Å². The number of rotatable bonds is 5. The summed E-state index contributed by atoms with van der Waals surface area (Å²) in [5.74, 6) is 0.488. The van der Waals surface area contributed by atoms with E-state index in [1.165, 1.54) is 6.92 Å². The molecule has 0 aromatic heterocycles. The van der Waals surface area contributed by atoms with Crippen LogP contribution in [0.2, 0.25) is 5.02 Å². The zero-order valence-electron chi connectivity index (χ0n) is 14.8. The summed E-state index contributed by atoms with van der Waals surface area (Å²) in [6, 6.07) is 10.4. The summed E-state index contributed by atoms with van der Waals surface area (Å²) >= 11 is 5.92.